The lowest BCUT2D eigenvalue weighted by atomic mass is 10.0. The average molecular weight is 363 g/mol. The van der Waals surface area contributed by atoms with Crippen molar-refractivity contribution in [2.45, 2.75) is 6.42 Å². The highest BCUT2D eigenvalue weighted by atomic mass is 35.5. The van der Waals surface area contributed by atoms with Gasteiger partial charge in [0, 0.05) is 34.5 Å². The molecule has 4 rings (SSSR count). The van der Waals surface area contributed by atoms with Gasteiger partial charge in [-0.2, -0.15) is 5.26 Å². The van der Waals surface area contributed by atoms with Crippen LogP contribution in [0.3, 0.4) is 0 Å². The Morgan fingerprint density at radius 1 is 1.31 bits per heavy atom. The number of nitrogens with zero attached hydrogens (tertiary/aromatic N) is 3. The minimum absolute atomic E-state index is 0.223. The maximum absolute atomic E-state index is 12.1. The molecule has 2 aromatic heterocycles. The molecule has 1 amide bonds. The number of pyridine rings is 1. The number of aliphatic imine (C=N–C) groups is 1. The number of hydrogen-bond donors (Lipinski definition) is 1. The van der Waals surface area contributed by atoms with Gasteiger partial charge < -0.3 is 9.73 Å². The third-order valence-electron chi connectivity index (χ3n) is 3.95. The van der Waals surface area contributed by atoms with Gasteiger partial charge >= 0.3 is 0 Å². The van der Waals surface area contributed by atoms with E-state index in [0.29, 0.717) is 34.1 Å². The van der Waals surface area contributed by atoms with Crippen LogP contribution in [0.5, 0.6) is 0 Å². The minimum atomic E-state index is -0.347. The van der Waals surface area contributed by atoms with Crippen LogP contribution in [-0.4, -0.2) is 16.6 Å². The Morgan fingerprint density at radius 2 is 2.19 bits per heavy atom. The summed E-state index contributed by atoms with van der Waals surface area (Å²) in [6.45, 7) is 0. The molecule has 1 aliphatic heterocycles. The van der Waals surface area contributed by atoms with Gasteiger partial charge in [0.25, 0.3) is 5.91 Å². The van der Waals surface area contributed by atoms with E-state index in [4.69, 9.17) is 21.3 Å². The summed E-state index contributed by atoms with van der Waals surface area (Å²) in [5.41, 5.74) is 3.39. The summed E-state index contributed by atoms with van der Waals surface area (Å²) < 4.78 is 5.09. The van der Waals surface area contributed by atoms with Crippen molar-refractivity contribution in [1.82, 2.24) is 4.98 Å². The van der Waals surface area contributed by atoms with Crippen LogP contribution < -0.4 is 5.32 Å². The molecule has 7 heteroatoms. The third-order valence-corrected chi connectivity index (χ3v) is 4.28. The number of benzene rings is 1. The average Bonchev–Trinajstić information content (AvgIpc) is 3.32. The highest BCUT2D eigenvalue weighted by Gasteiger charge is 2.20. The van der Waals surface area contributed by atoms with Crippen molar-refractivity contribution in [2.24, 2.45) is 4.99 Å². The summed E-state index contributed by atoms with van der Waals surface area (Å²) in [7, 11) is 0. The number of nitriles is 1. The fourth-order valence-electron chi connectivity index (χ4n) is 2.72. The SMILES string of the molecule is N#Cc1cnc2c(c1)CC(c1cc(NC(=O)c3ccco3)ccc1Cl)=N2. The number of carbonyl (C=O) groups excluding carboxylic acids is 1. The first-order valence-electron chi connectivity index (χ1n) is 7.75. The number of rotatable bonds is 3. The molecule has 0 aliphatic carbocycles. The first kappa shape index (κ1) is 16.1. The number of anilines is 1. The molecule has 0 unspecified atom stereocenters. The van der Waals surface area contributed by atoms with E-state index in [0.717, 1.165) is 11.3 Å². The third kappa shape index (κ3) is 2.96. The van der Waals surface area contributed by atoms with Gasteiger partial charge in [-0.05, 0) is 36.4 Å². The van der Waals surface area contributed by atoms with Crippen molar-refractivity contribution < 1.29 is 9.21 Å². The zero-order valence-electron chi connectivity index (χ0n) is 13.4. The number of aromatic nitrogens is 1. The molecule has 1 N–H and O–H groups in total. The minimum Gasteiger partial charge on any atom is -0.459 e. The molecular weight excluding hydrogens is 352 g/mol. The molecule has 0 saturated carbocycles. The second-order valence-corrected chi connectivity index (χ2v) is 6.09. The van der Waals surface area contributed by atoms with E-state index in [2.05, 4.69) is 21.4 Å². The lowest BCUT2D eigenvalue weighted by Crippen LogP contribution is -2.11. The van der Waals surface area contributed by atoms with Crippen LogP contribution in [0, 0.1) is 11.3 Å². The molecule has 0 spiro atoms. The second kappa shape index (κ2) is 6.47. The Morgan fingerprint density at radius 3 is 2.96 bits per heavy atom. The number of amides is 1. The van der Waals surface area contributed by atoms with E-state index in [1.54, 1.807) is 36.4 Å². The molecule has 3 heterocycles. The van der Waals surface area contributed by atoms with Crippen LogP contribution in [0.4, 0.5) is 11.5 Å². The van der Waals surface area contributed by atoms with Gasteiger partial charge in [-0.25, -0.2) is 9.98 Å². The highest BCUT2D eigenvalue weighted by Crippen LogP contribution is 2.31. The van der Waals surface area contributed by atoms with Crippen LogP contribution >= 0.6 is 11.6 Å². The molecule has 0 saturated heterocycles. The van der Waals surface area contributed by atoms with E-state index in [-0.39, 0.29) is 11.7 Å². The van der Waals surface area contributed by atoms with E-state index in [9.17, 15) is 4.79 Å². The summed E-state index contributed by atoms with van der Waals surface area (Å²) in [6, 6.07) is 12.3. The molecule has 26 heavy (non-hydrogen) atoms. The molecule has 126 valence electrons. The Labute approximate surface area is 153 Å². The Kier molecular flexibility index (Phi) is 3.99. The number of fused-ring (bicyclic) bond motifs is 1. The predicted molar refractivity (Wildman–Crippen MR) is 97.0 cm³/mol. The topological polar surface area (TPSA) is 91.3 Å². The summed E-state index contributed by atoms with van der Waals surface area (Å²) in [4.78, 5) is 20.8. The monoisotopic (exact) mass is 362 g/mol. The first-order valence-corrected chi connectivity index (χ1v) is 8.13. The van der Waals surface area contributed by atoms with E-state index >= 15 is 0 Å². The first-order chi connectivity index (χ1) is 12.6. The molecular formula is C19H11ClN4O2. The maximum Gasteiger partial charge on any atom is 0.291 e. The van der Waals surface area contributed by atoms with Gasteiger partial charge in [-0.15, -0.1) is 0 Å². The van der Waals surface area contributed by atoms with Crippen LogP contribution in [0.15, 0.2) is 58.3 Å². The number of furan rings is 1. The van der Waals surface area contributed by atoms with Crippen molar-refractivity contribution in [3.05, 3.63) is 76.3 Å². The van der Waals surface area contributed by atoms with Gasteiger partial charge in [-0.3, -0.25) is 4.79 Å². The van der Waals surface area contributed by atoms with Crippen LogP contribution in [0.1, 0.15) is 27.2 Å². The van der Waals surface area contributed by atoms with Gasteiger partial charge in [-0.1, -0.05) is 11.6 Å². The summed E-state index contributed by atoms with van der Waals surface area (Å²) in [6.07, 6.45) is 3.45. The maximum atomic E-state index is 12.1. The number of carbonyl (C=O) groups is 1. The summed E-state index contributed by atoms with van der Waals surface area (Å²) >= 11 is 6.33. The van der Waals surface area contributed by atoms with Gasteiger partial charge in [0.15, 0.2) is 11.6 Å². The zero-order valence-corrected chi connectivity index (χ0v) is 14.1. The molecule has 0 atom stereocenters. The number of hydrogen-bond acceptors (Lipinski definition) is 5. The van der Waals surface area contributed by atoms with Crippen molar-refractivity contribution in [3.63, 3.8) is 0 Å². The molecule has 3 aromatic rings. The standard InChI is InChI=1S/C19H11ClN4O2/c20-15-4-3-13(23-19(25)17-2-1-5-26-17)8-14(15)16-7-12-6-11(9-21)10-22-18(12)24-16/h1-6,8,10H,7H2,(H,23,25). The number of nitrogens with one attached hydrogen (secondary N) is 1. The predicted octanol–water partition coefficient (Wildman–Crippen LogP) is 4.13. The summed E-state index contributed by atoms with van der Waals surface area (Å²) in [5, 5.41) is 12.3. The molecule has 0 radical (unpaired) electrons. The van der Waals surface area contributed by atoms with Crippen molar-refractivity contribution >= 4 is 34.7 Å². The van der Waals surface area contributed by atoms with Crippen LogP contribution in [-0.2, 0) is 6.42 Å². The lowest BCUT2D eigenvalue weighted by Gasteiger charge is -2.08. The molecule has 0 bridgehead atoms. The molecule has 6 nitrogen and oxygen atoms in total. The van der Waals surface area contributed by atoms with E-state index in [1.807, 2.05) is 0 Å². The fraction of sp³-hybridized carbons (Fsp3) is 0.0526. The van der Waals surface area contributed by atoms with Crippen LogP contribution in [0.2, 0.25) is 5.02 Å². The Hall–Kier alpha value is -3.43. The van der Waals surface area contributed by atoms with Gasteiger partial charge in [0.1, 0.15) is 6.07 Å². The second-order valence-electron chi connectivity index (χ2n) is 5.68. The Bertz CT molecular complexity index is 1080. The molecule has 1 aromatic carbocycles. The smallest absolute Gasteiger partial charge is 0.291 e. The molecule has 0 fully saturated rings. The molecule has 1 aliphatic rings. The quantitative estimate of drug-likeness (QED) is 0.758. The van der Waals surface area contributed by atoms with Crippen LogP contribution in [0.25, 0.3) is 0 Å². The highest BCUT2D eigenvalue weighted by molar-refractivity contribution is 6.34. The Balaban J connectivity index is 1.62. The van der Waals surface area contributed by atoms with Gasteiger partial charge in [0.2, 0.25) is 0 Å². The normalized spacial score (nSPS) is 12.2. The number of halogens is 1. The van der Waals surface area contributed by atoms with E-state index in [1.165, 1.54) is 12.5 Å². The summed E-state index contributed by atoms with van der Waals surface area (Å²) in [5.74, 6) is 0.459. The largest absolute Gasteiger partial charge is 0.459 e. The van der Waals surface area contributed by atoms with Crippen molar-refractivity contribution in [2.75, 3.05) is 5.32 Å². The lowest BCUT2D eigenvalue weighted by molar-refractivity contribution is 0.0996. The van der Waals surface area contributed by atoms with E-state index < -0.39 is 0 Å². The fourth-order valence-corrected chi connectivity index (χ4v) is 2.95. The van der Waals surface area contributed by atoms with Gasteiger partial charge in [0.05, 0.1) is 17.5 Å². The van der Waals surface area contributed by atoms with Crippen molar-refractivity contribution in [3.8, 4) is 6.07 Å². The van der Waals surface area contributed by atoms with Crippen molar-refractivity contribution in [1.29, 1.82) is 5.26 Å². The zero-order chi connectivity index (χ0) is 18.1.